The van der Waals surface area contributed by atoms with Gasteiger partial charge in [-0.15, -0.1) is 0 Å². The summed E-state index contributed by atoms with van der Waals surface area (Å²) in [7, 11) is 0. The van der Waals surface area contributed by atoms with Crippen molar-refractivity contribution in [3.05, 3.63) is 23.3 Å². The van der Waals surface area contributed by atoms with Crippen LogP contribution in [0.2, 0.25) is 0 Å². The Morgan fingerprint density at radius 3 is 1.68 bits per heavy atom. The van der Waals surface area contributed by atoms with Gasteiger partial charge in [0.2, 0.25) is 0 Å². The predicted molar refractivity (Wildman–Crippen MR) is 103 cm³/mol. The number of carbonyl (C=O) groups is 2. The van der Waals surface area contributed by atoms with E-state index in [1.807, 2.05) is 0 Å². The molecule has 4 nitrogen and oxygen atoms in total. The minimum atomic E-state index is -1.15. The number of allylic oxidation sites excluding steroid dienone is 2. The maximum Gasteiger partial charge on any atom is 0.332 e. The number of hydrogen-bond acceptors (Lipinski definition) is 2. The summed E-state index contributed by atoms with van der Waals surface area (Å²) in [5, 5.41) is 18.0. The monoisotopic (exact) mass is 352 g/mol. The first-order chi connectivity index (χ1) is 12.0. The van der Waals surface area contributed by atoms with Crippen molar-refractivity contribution in [2.75, 3.05) is 0 Å². The Kier molecular flexibility index (Phi) is 14.9. The van der Waals surface area contributed by atoms with Crippen molar-refractivity contribution in [1.82, 2.24) is 0 Å². The number of rotatable bonds is 16. The number of carboxylic acids is 2. The molecule has 0 unspecified atom stereocenters. The van der Waals surface area contributed by atoms with Crippen LogP contribution in [-0.2, 0) is 9.59 Å². The fourth-order valence-electron chi connectivity index (χ4n) is 2.78. The fraction of sp³-hybridized carbons (Fsp3) is 0.714. The van der Waals surface area contributed by atoms with Crippen LogP contribution in [-0.4, -0.2) is 22.2 Å². The zero-order valence-electron chi connectivity index (χ0n) is 16.1. The lowest BCUT2D eigenvalue weighted by Gasteiger charge is -2.05. The molecule has 0 radical (unpaired) electrons. The number of carboxylic acid groups (broad SMARTS) is 2. The lowest BCUT2D eigenvalue weighted by atomic mass is 10.0. The molecule has 0 aliphatic heterocycles. The second kappa shape index (κ2) is 15.9. The predicted octanol–water partition coefficient (Wildman–Crippen LogP) is 6.12. The van der Waals surface area contributed by atoms with Gasteiger partial charge >= 0.3 is 11.9 Å². The van der Waals surface area contributed by atoms with Crippen LogP contribution in [0.4, 0.5) is 0 Å². The molecule has 0 aromatic carbocycles. The van der Waals surface area contributed by atoms with E-state index >= 15 is 0 Å². The summed E-state index contributed by atoms with van der Waals surface area (Å²) in [6, 6.07) is 0. The summed E-state index contributed by atoms with van der Waals surface area (Å²) in [6.45, 7) is 3.60. The lowest BCUT2D eigenvalue weighted by Crippen LogP contribution is -2.09. The van der Waals surface area contributed by atoms with Gasteiger partial charge in [0.15, 0.2) is 0 Å². The summed E-state index contributed by atoms with van der Waals surface area (Å²) in [5.41, 5.74) is -0.0172. The Labute approximate surface area is 153 Å². The molecule has 25 heavy (non-hydrogen) atoms. The average molecular weight is 353 g/mol. The van der Waals surface area contributed by atoms with E-state index in [1.54, 1.807) is 0 Å². The van der Waals surface area contributed by atoms with Crippen molar-refractivity contribution in [3.8, 4) is 0 Å². The molecule has 144 valence electrons. The third-order valence-electron chi connectivity index (χ3n) is 4.47. The van der Waals surface area contributed by atoms with Gasteiger partial charge in [0.25, 0.3) is 0 Å². The summed E-state index contributed by atoms with van der Waals surface area (Å²) in [4.78, 5) is 21.9. The zero-order valence-corrected chi connectivity index (χ0v) is 16.1. The molecule has 0 spiro atoms. The van der Waals surface area contributed by atoms with Crippen molar-refractivity contribution in [3.63, 3.8) is 0 Å². The van der Waals surface area contributed by atoms with E-state index in [1.165, 1.54) is 51.9 Å². The highest BCUT2D eigenvalue weighted by atomic mass is 16.4. The van der Waals surface area contributed by atoms with Gasteiger partial charge in [-0.2, -0.15) is 0 Å². The quantitative estimate of drug-likeness (QED) is 0.199. The van der Waals surface area contributed by atoms with E-state index < -0.39 is 11.9 Å². The summed E-state index contributed by atoms with van der Waals surface area (Å²) < 4.78 is 0. The van der Waals surface area contributed by atoms with Crippen LogP contribution in [0.5, 0.6) is 0 Å². The molecule has 0 bridgehead atoms. The van der Waals surface area contributed by atoms with Crippen LogP contribution in [0.25, 0.3) is 0 Å². The van der Waals surface area contributed by atoms with Gasteiger partial charge < -0.3 is 10.2 Å². The van der Waals surface area contributed by atoms with E-state index in [2.05, 4.69) is 19.1 Å². The van der Waals surface area contributed by atoms with Crippen molar-refractivity contribution in [2.24, 2.45) is 0 Å². The van der Waals surface area contributed by atoms with Crippen molar-refractivity contribution in [1.29, 1.82) is 0 Å². The molecule has 0 rings (SSSR count). The third-order valence-corrected chi connectivity index (χ3v) is 4.47. The van der Waals surface area contributed by atoms with E-state index in [9.17, 15) is 9.59 Å². The Bertz CT molecular complexity index is 435. The Morgan fingerprint density at radius 1 is 0.720 bits per heavy atom. The van der Waals surface area contributed by atoms with Crippen molar-refractivity contribution < 1.29 is 19.8 Å². The van der Waals surface area contributed by atoms with Crippen LogP contribution in [0.1, 0.15) is 97.3 Å². The van der Waals surface area contributed by atoms with E-state index in [4.69, 9.17) is 10.2 Å². The molecule has 0 aromatic rings. The maximum absolute atomic E-state index is 11.1. The van der Waals surface area contributed by atoms with Gasteiger partial charge in [0, 0.05) is 11.1 Å². The molecule has 4 heteroatoms. The Balaban J connectivity index is 3.63. The highest BCUT2D eigenvalue weighted by Crippen LogP contribution is 2.15. The van der Waals surface area contributed by atoms with Crippen molar-refractivity contribution >= 4 is 11.9 Å². The molecule has 0 saturated heterocycles. The Morgan fingerprint density at radius 2 is 1.20 bits per heavy atom. The van der Waals surface area contributed by atoms with E-state index in [-0.39, 0.29) is 11.1 Å². The number of aliphatic carboxylic acids is 2. The number of hydrogen-bond donors (Lipinski definition) is 2. The summed E-state index contributed by atoms with van der Waals surface area (Å²) >= 11 is 0. The van der Waals surface area contributed by atoms with Crippen molar-refractivity contribution in [2.45, 2.75) is 97.3 Å². The van der Waals surface area contributed by atoms with Gasteiger partial charge in [0.05, 0.1) is 0 Å². The summed E-state index contributed by atoms with van der Waals surface area (Å²) in [5.74, 6) is -2.26. The maximum atomic E-state index is 11.1. The highest BCUT2D eigenvalue weighted by molar-refractivity contribution is 5.98. The van der Waals surface area contributed by atoms with Gasteiger partial charge in [0.1, 0.15) is 0 Å². The van der Waals surface area contributed by atoms with E-state index in [0.717, 1.165) is 32.1 Å². The molecule has 0 heterocycles. The van der Waals surface area contributed by atoms with Crippen LogP contribution in [0, 0.1) is 0 Å². The fourth-order valence-corrected chi connectivity index (χ4v) is 2.78. The van der Waals surface area contributed by atoms with Crippen LogP contribution >= 0.6 is 0 Å². The third kappa shape index (κ3) is 13.4. The first kappa shape index (κ1) is 23.4. The first-order valence-electron chi connectivity index (χ1n) is 9.82. The molecule has 0 saturated carbocycles. The van der Waals surface area contributed by atoms with Gasteiger partial charge in [-0.05, 0) is 45.4 Å². The molecule has 0 atom stereocenters. The minimum Gasteiger partial charge on any atom is -0.478 e. The van der Waals surface area contributed by atoms with Gasteiger partial charge in [-0.3, -0.25) is 0 Å². The van der Waals surface area contributed by atoms with Crippen LogP contribution in [0.15, 0.2) is 23.3 Å². The summed E-state index contributed by atoms with van der Waals surface area (Å²) in [6.07, 6.45) is 18.9. The normalized spacial score (nSPS) is 12.4. The zero-order chi connectivity index (χ0) is 18.9. The number of unbranched alkanes of at least 4 members (excludes halogenated alkanes) is 10. The Hall–Kier alpha value is -1.58. The molecular formula is C21H36O4. The molecule has 0 amide bonds. The van der Waals surface area contributed by atoms with Gasteiger partial charge in [-0.1, -0.05) is 64.0 Å². The topological polar surface area (TPSA) is 74.6 Å². The smallest absolute Gasteiger partial charge is 0.332 e. The lowest BCUT2D eigenvalue weighted by molar-refractivity contribution is -0.136. The van der Waals surface area contributed by atoms with Gasteiger partial charge in [-0.25, -0.2) is 9.59 Å². The molecule has 0 aliphatic carbocycles. The first-order valence-corrected chi connectivity index (χ1v) is 9.82. The SMILES string of the molecule is CCCCCCCC/C=C\CCCCCC/C(C(=O)O)=C(\C)C(=O)O. The molecule has 0 aromatic heterocycles. The average Bonchev–Trinajstić information content (AvgIpc) is 2.57. The van der Waals surface area contributed by atoms with Crippen LogP contribution in [0.3, 0.4) is 0 Å². The van der Waals surface area contributed by atoms with Crippen LogP contribution < -0.4 is 0 Å². The minimum absolute atomic E-state index is 0.0336. The second-order valence-electron chi connectivity index (χ2n) is 6.69. The largest absolute Gasteiger partial charge is 0.478 e. The highest BCUT2D eigenvalue weighted by Gasteiger charge is 2.15. The molecule has 0 fully saturated rings. The molecule has 2 N–H and O–H groups in total. The molecule has 0 aliphatic rings. The molecular weight excluding hydrogens is 316 g/mol. The van der Waals surface area contributed by atoms with E-state index in [0.29, 0.717) is 6.42 Å². The standard InChI is InChI=1S/C21H36O4/c1-3-4-5-6-7-8-9-10-11-12-13-14-15-16-17-19(21(24)25)18(2)20(22)23/h10-11H,3-9,12-17H2,1-2H3,(H,22,23)(H,24,25)/b11-10-,19-18-. The second-order valence-corrected chi connectivity index (χ2v) is 6.69.